The third-order valence-electron chi connectivity index (χ3n) is 2.83. The highest BCUT2D eigenvalue weighted by atomic mass is 35.5. The molecule has 0 N–H and O–H groups in total. The maximum atomic E-state index is 6.12. The standard InChI is InChI=1S/C11H15Cl2N3S/c1-11(2)3-4-16(5-6-17-11)9-8(12)7-14-10(13)15-9/h7H,3-6H2,1-2H3. The minimum atomic E-state index is 0.251. The molecule has 0 atom stereocenters. The summed E-state index contributed by atoms with van der Waals surface area (Å²) in [5, 5.41) is 0.819. The van der Waals surface area contributed by atoms with Crippen molar-refractivity contribution in [2.75, 3.05) is 23.7 Å². The zero-order valence-electron chi connectivity index (χ0n) is 9.91. The van der Waals surface area contributed by atoms with E-state index in [0.717, 1.165) is 31.1 Å². The summed E-state index contributed by atoms with van der Waals surface area (Å²) in [5.74, 6) is 1.83. The lowest BCUT2D eigenvalue weighted by atomic mass is 10.1. The average molecular weight is 292 g/mol. The zero-order chi connectivity index (χ0) is 12.5. The third kappa shape index (κ3) is 3.39. The first-order valence-electron chi connectivity index (χ1n) is 5.55. The fourth-order valence-corrected chi connectivity index (χ4v) is 3.23. The highest BCUT2D eigenvalue weighted by Gasteiger charge is 2.25. The van der Waals surface area contributed by atoms with Gasteiger partial charge in [0.15, 0.2) is 5.82 Å². The molecular weight excluding hydrogens is 277 g/mol. The van der Waals surface area contributed by atoms with Crippen molar-refractivity contribution in [1.29, 1.82) is 0 Å². The summed E-state index contributed by atoms with van der Waals surface area (Å²) >= 11 is 13.9. The smallest absolute Gasteiger partial charge is 0.224 e. The zero-order valence-corrected chi connectivity index (χ0v) is 12.2. The largest absolute Gasteiger partial charge is 0.354 e. The van der Waals surface area contributed by atoms with Gasteiger partial charge in [-0.25, -0.2) is 4.98 Å². The molecule has 1 aromatic heterocycles. The van der Waals surface area contributed by atoms with Crippen molar-refractivity contribution in [3.8, 4) is 0 Å². The van der Waals surface area contributed by atoms with Gasteiger partial charge in [-0.2, -0.15) is 16.7 Å². The van der Waals surface area contributed by atoms with Crippen molar-refractivity contribution in [3.63, 3.8) is 0 Å². The number of halogens is 2. The summed E-state index contributed by atoms with van der Waals surface area (Å²) < 4.78 is 0.318. The monoisotopic (exact) mass is 291 g/mol. The van der Waals surface area contributed by atoms with Gasteiger partial charge in [0, 0.05) is 23.6 Å². The molecule has 0 unspecified atom stereocenters. The second kappa shape index (κ2) is 5.21. The third-order valence-corrected chi connectivity index (χ3v) is 4.65. The number of hydrogen-bond acceptors (Lipinski definition) is 4. The molecule has 6 heteroatoms. The average Bonchev–Trinajstić information content (AvgIpc) is 2.43. The number of anilines is 1. The van der Waals surface area contributed by atoms with E-state index in [2.05, 4.69) is 28.7 Å². The van der Waals surface area contributed by atoms with Gasteiger partial charge in [0.05, 0.1) is 6.20 Å². The lowest BCUT2D eigenvalue weighted by Gasteiger charge is -2.23. The molecule has 0 amide bonds. The van der Waals surface area contributed by atoms with Crippen molar-refractivity contribution in [3.05, 3.63) is 16.5 Å². The molecule has 1 aromatic rings. The van der Waals surface area contributed by atoms with E-state index in [4.69, 9.17) is 23.2 Å². The van der Waals surface area contributed by atoms with E-state index in [1.54, 1.807) is 6.20 Å². The first-order valence-corrected chi connectivity index (χ1v) is 7.29. The predicted molar refractivity (Wildman–Crippen MR) is 75.4 cm³/mol. The summed E-state index contributed by atoms with van der Waals surface area (Å²) in [6, 6.07) is 0. The number of rotatable bonds is 1. The number of thioether (sulfide) groups is 1. The van der Waals surface area contributed by atoms with Crippen molar-refractivity contribution < 1.29 is 0 Å². The number of nitrogens with zero attached hydrogens (tertiary/aromatic N) is 3. The molecule has 17 heavy (non-hydrogen) atoms. The molecule has 94 valence electrons. The second-order valence-electron chi connectivity index (χ2n) is 4.66. The van der Waals surface area contributed by atoms with Crippen LogP contribution < -0.4 is 4.90 Å². The lowest BCUT2D eigenvalue weighted by Crippen LogP contribution is -2.28. The molecule has 0 bridgehead atoms. The van der Waals surface area contributed by atoms with E-state index in [9.17, 15) is 0 Å². The number of aromatic nitrogens is 2. The van der Waals surface area contributed by atoms with Gasteiger partial charge in [-0.3, -0.25) is 0 Å². The van der Waals surface area contributed by atoms with Gasteiger partial charge in [-0.1, -0.05) is 25.4 Å². The van der Waals surface area contributed by atoms with Crippen LogP contribution in [0.3, 0.4) is 0 Å². The van der Waals surface area contributed by atoms with E-state index in [0.29, 0.717) is 9.77 Å². The van der Waals surface area contributed by atoms with Crippen LogP contribution in [-0.2, 0) is 0 Å². The Hall–Kier alpha value is -0.190. The molecule has 1 fully saturated rings. The van der Waals surface area contributed by atoms with Crippen LogP contribution in [0.2, 0.25) is 10.3 Å². The van der Waals surface area contributed by atoms with Crippen molar-refractivity contribution >= 4 is 40.8 Å². The molecule has 1 aliphatic heterocycles. The Bertz CT molecular complexity index is 412. The van der Waals surface area contributed by atoms with Gasteiger partial charge >= 0.3 is 0 Å². The summed E-state index contributed by atoms with van der Waals surface area (Å²) in [6.45, 7) is 6.44. The molecule has 0 radical (unpaired) electrons. The maximum absolute atomic E-state index is 6.12. The highest BCUT2D eigenvalue weighted by Crippen LogP contribution is 2.33. The molecule has 2 rings (SSSR count). The van der Waals surface area contributed by atoms with Gasteiger partial charge in [-0.15, -0.1) is 0 Å². The van der Waals surface area contributed by atoms with Crippen molar-refractivity contribution in [1.82, 2.24) is 9.97 Å². The molecule has 0 saturated carbocycles. The lowest BCUT2D eigenvalue weighted by molar-refractivity contribution is 0.635. The van der Waals surface area contributed by atoms with E-state index < -0.39 is 0 Å². The van der Waals surface area contributed by atoms with Gasteiger partial charge in [0.1, 0.15) is 5.02 Å². The molecule has 1 aliphatic rings. The molecule has 2 heterocycles. The van der Waals surface area contributed by atoms with Gasteiger partial charge in [0.2, 0.25) is 5.28 Å². The minimum absolute atomic E-state index is 0.251. The molecule has 0 aliphatic carbocycles. The van der Waals surface area contributed by atoms with Crippen LogP contribution in [0.4, 0.5) is 5.82 Å². The van der Waals surface area contributed by atoms with E-state index in [1.807, 2.05) is 11.8 Å². The van der Waals surface area contributed by atoms with E-state index in [1.165, 1.54) is 0 Å². The topological polar surface area (TPSA) is 29.0 Å². The van der Waals surface area contributed by atoms with Crippen LogP contribution in [0.25, 0.3) is 0 Å². The van der Waals surface area contributed by atoms with E-state index in [-0.39, 0.29) is 5.28 Å². The van der Waals surface area contributed by atoms with Crippen LogP contribution in [0.1, 0.15) is 20.3 Å². The fraction of sp³-hybridized carbons (Fsp3) is 0.636. The van der Waals surface area contributed by atoms with Crippen LogP contribution >= 0.6 is 35.0 Å². The Morgan fingerprint density at radius 3 is 2.88 bits per heavy atom. The molecule has 1 saturated heterocycles. The first kappa shape index (κ1) is 13.2. The quantitative estimate of drug-likeness (QED) is 0.741. The Morgan fingerprint density at radius 1 is 1.35 bits per heavy atom. The SMILES string of the molecule is CC1(C)CCN(c2nc(Cl)ncc2Cl)CCS1. The van der Waals surface area contributed by atoms with Crippen LogP contribution in [0.5, 0.6) is 0 Å². The Labute approximate surface area is 116 Å². The summed E-state index contributed by atoms with van der Waals surface area (Å²) in [7, 11) is 0. The Kier molecular flexibility index (Phi) is 4.06. The molecule has 0 spiro atoms. The van der Waals surface area contributed by atoms with Gasteiger partial charge < -0.3 is 4.90 Å². The molecule has 0 aromatic carbocycles. The van der Waals surface area contributed by atoms with Crippen LogP contribution in [0.15, 0.2) is 6.20 Å². The Morgan fingerprint density at radius 2 is 2.12 bits per heavy atom. The molecule has 3 nitrogen and oxygen atoms in total. The van der Waals surface area contributed by atoms with Crippen molar-refractivity contribution in [2.24, 2.45) is 0 Å². The summed E-state index contributed by atoms with van der Waals surface area (Å²) in [4.78, 5) is 10.3. The van der Waals surface area contributed by atoms with Crippen LogP contribution in [-0.4, -0.2) is 33.6 Å². The molecular formula is C11H15Cl2N3S. The summed E-state index contributed by atoms with van der Waals surface area (Å²) in [5.41, 5.74) is 0. The maximum Gasteiger partial charge on any atom is 0.224 e. The van der Waals surface area contributed by atoms with Crippen LogP contribution in [0, 0.1) is 0 Å². The first-order chi connectivity index (χ1) is 7.98. The normalized spacial score (nSPS) is 20.1. The van der Waals surface area contributed by atoms with Crippen molar-refractivity contribution in [2.45, 2.75) is 25.0 Å². The fourth-order valence-electron chi connectivity index (χ4n) is 1.79. The predicted octanol–water partition coefficient (Wildman–Crippen LogP) is 3.51. The Balaban J connectivity index is 2.19. The number of hydrogen-bond donors (Lipinski definition) is 0. The van der Waals surface area contributed by atoms with Gasteiger partial charge in [0.25, 0.3) is 0 Å². The summed E-state index contributed by atoms with van der Waals surface area (Å²) in [6.07, 6.45) is 2.67. The van der Waals surface area contributed by atoms with Gasteiger partial charge in [-0.05, 0) is 18.0 Å². The van der Waals surface area contributed by atoms with E-state index >= 15 is 0 Å². The highest BCUT2D eigenvalue weighted by molar-refractivity contribution is 8.00. The second-order valence-corrected chi connectivity index (χ2v) is 7.20. The minimum Gasteiger partial charge on any atom is -0.354 e.